The molecule has 0 spiro atoms. The molecule has 6 nitrogen and oxygen atoms in total. The second-order valence-corrected chi connectivity index (χ2v) is 4.50. The molecule has 1 aliphatic rings. The highest BCUT2D eigenvalue weighted by Gasteiger charge is 2.21. The molecular formula is C9H10N4O2S. The minimum Gasteiger partial charge on any atom is -0.386 e. The number of rotatable bonds is 2. The van der Waals surface area contributed by atoms with Gasteiger partial charge in [-0.15, -0.1) is 5.10 Å². The van der Waals surface area contributed by atoms with Crippen LogP contribution >= 0.6 is 11.3 Å². The molecule has 2 heterocycles. The Balaban J connectivity index is 2.33. The molecule has 0 radical (unpaired) electrons. The zero-order chi connectivity index (χ0) is 11.7. The van der Waals surface area contributed by atoms with E-state index in [0.717, 1.165) is 22.6 Å². The first kappa shape index (κ1) is 10.7. The van der Waals surface area contributed by atoms with Crippen molar-refractivity contribution in [3.05, 3.63) is 27.1 Å². The van der Waals surface area contributed by atoms with Crippen LogP contribution in [0.3, 0.4) is 0 Å². The highest BCUT2D eigenvalue weighted by molar-refractivity contribution is 7.13. The number of nitrogens with zero attached hydrogens (tertiary/aromatic N) is 3. The van der Waals surface area contributed by atoms with Gasteiger partial charge in [0.2, 0.25) is 0 Å². The van der Waals surface area contributed by atoms with Crippen molar-refractivity contribution in [1.29, 1.82) is 0 Å². The highest BCUT2D eigenvalue weighted by Crippen LogP contribution is 2.26. The minimum absolute atomic E-state index is 0.118. The second-order valence-electron chi connectivity index (χ2n) is 3.61. The van der Waals surface area contributed by atoms with Crippen molar-refractivity contribution in [2.24, 2.45) is 21.9 Å². The summed E-state index contributed by atoms with van der Waals surface area (Å²) in [6.45, 7) is 1.98. The average molecular weight is 238 g/mol. The molecule has 16 heavy (non-hydrogen) atoms. The molecule has 2 rings (SSSR count). The lowest BCUT2D eigenvalue weighted by molar-refractivity contribution is -0.380. The first-order chi connectivity index (χ1) is 7.58. The normalized spacial score (nSPS) is 20.2. The van der Waals surface area contributed by atoms with Gasteiger partial charge in [0.15, 0.2) is 0 Å². The second kappa shape index (κ2) is 4.01. The number of thiophene rings is 1. The van der Waals surface area contributed by atoms with Gasteiger partial charge < -0.3 is 5.73 Å². The zero-order valence-corrected chi connectivity index (χ0v) is 9.40. The van der Waals surface area contributed by atoms with Crippen LogP contribution in [-0.4, -0.2) is 16.5 Å². The number of hydrogen-bond donors (Lipinski definition) is 1. The van der Waals surface area contributed by atoms with Crippen LogP contribution in [0.15, 0.2) is 21.6 Å². The number of hydrogen-bond acceptors (Lipinski definition) is 6. The maximum atomic E-state index is 10.6. The molecule has 0 aromatic carbocycles. The molecule has 0 aliphatic carbocycles. The fourth-order valence-corrected chi connectivity index (χ4v) is 2.28. The van der Waals surface area contributed by atoms with E-state index in [4.69, 9.17) is 5.73 Å². The van der Waals surface area contributed by atoms with Crippen molar-refractivity contribution in [3.8, 4) is 0 Å². The molecule has 1 aromatic heterocycles. The van der Waals surface area contributed by atoms with E-state index >= 15 is 0 Å². The fraction of sp³-hybridized carbons (Fsp3) is 0.333. The molecule has 84 valence electrons. The third kappa shape index (κ3) is 1.94. The van der Waals surface area contributed by atoms with Gasteiger partial charge in [-0.3, -0.25) is 10.1 Å². The van der Waals surface area contributed by atoms with Crippen LogP contribution in [0, 0.1) is 16.0 Å². The number of nitro groups is 1. The summed E-state index contributed by atoms with van der Waals surface area (Å²) >= 11 is 1.09. The van der Waals surface area contributed by atoms with E-state index in [-0.39, 0.29) is 10.9 Å². The summed E-state index contributed by atoms with van der Waals surface area (Å²) < 4.78 is 0. The van der Waals surface area contributed by atoms with E-state index in [1.54, 1.807) is 5.38 Å². The van der Waals surface area contributed by atoms with Gasteiger partial charge in [0.1, 0.15) is 5.84 Å². The molecule has 0 saturated heterocycles. The van der Waals surface area contributed by atoms with Crippen LogP contribution < -0.4 is 5.73 Å². The quantitative estimate of drug-likeness (QED) is 0.628. The molecule has 1 unspecified atom stereocenters. The van der Waals surface area contributed by atoms with E-state index in [9.17, 15) is 10.1 Å². The molecule has 2 N–H and O–H groups in total. The molecule has 0 fully saturated rings. The Hall–Kier alpha value is -1.76. The summed E-state index contributed by atoms with van der Waals surface area (Å²) in [6.07, 6.45) is 0.641. The van der Waals surface area contributed by atoms with E-state index in [2.05, 4.69) is 10.2 Å². The standard InChI is InChI=1S/C9H10N4O2S/c1-5-2-7(10)11-12-9(5)6-3-8(13(14)15)16-4-6/h3-5H,2H2,1H3,(H2,10,11). The Morgan fingerprint density at radius 2 is 2.38 bits per heavy atom. The molecular weight excluding hydrogens is 228 g/mol. The smallest absolute Gasteiger partial charge is 0.324 e. The molecule has 0 saturated carbocycles. The van der Waals surface area contributed by atoms with E-state index in [1.165, 1.54) is 6.07 Å². The Morgan fingerprint density at radius 3 is 2.94 bits per heavy atom. The third-order valence-corrected chi connectivity index (χ3v) is 3.21. The lowest BCUT2D eigenvalue weighted by Crippen LogP contribution is -2.24. The summed E-state index contributed by atoms with van der Waals surface area (Å²) in [5, 5.41) is 20.2. The summed E-state index contributed by atoms with van der Waals surface area (Å²) in [5.74, 6) is 0.646. The van der Waals surface area contributed by atoms with Crippen LogP contribution in [0.4, 0.5) is 5.00 Å². The van der Waals surface area contributed by atoms with Crippen LogP contribution in [0.25, 0.3) is 0 Å². The summed E-state index contributed by atoms with van der Waals surface area (Å²) in [4.78, 5) is 10.2. The summed E-state index contributed by atoms with van der Waals surface area (Å²) in [7, 11) is 0. The topological polar surface area (TPSA) is 93.9 Å². The molecule has 1 aromatic rings. The van der Waals surface area contributed by atoms with Gasteiger partial charge in [-0.2, -0.15) is 5.10 Å². The van der Waals surface area contributed by atoms with E-state index in [0.29, 0.717) is 12.3 Å². The number of nitrogens with two attached hydrogens (primary N) is 1. The van der Waals surface area contributed by atoms with Gasteiger partial charge in [0.05, 0.1) is 10.6 Å². The lowest BCUT2D eigenvalue weighted by Gasteiger charge is -2.15. The van der Waals surface area contributed by atoms with Crippen LogP contribution in [0.5, 0.6) is 0 Å². The first-order valence-corrected chi connectivity index (χ1v) is 5.59. The predicted molar refractivity (Wildman–Crippen MR) is 62.9 cm³/mol. The van der Waals surface area contributed by atoms with E-state index < -0.39 is 4.92 Å². The average Bonchev–Trinajstić information content (AvgIpc) is 2.66. The number of amidine groups is 1. The summed E-state index contributed by atoms with van der Waals surface area (Å²) in [6, 6.07) is 1.52. The van der Waals surface area contributed by atoms with Crippen molar-refractivity contribution in [2.75, 3.05) is 0 Å². The van der Waals surface area contributed by atoms with Gasteiger partial charge in [0, 0.05) is 29.3 Å². The van der Waals surface area contributed by atoms with Crippen molar-refractivity contribution in [3.63, 3.8) is 0 Å². The van der Waals surface area contributed by atoms with Gasteiger partial charge >= 0.3 is 5.00 Å². The largest absolute Gasteiger partial charge is 0.386 e. The van der Waals surface area contributed by atoms with Gasteiger partial charge in [-0.25, -0.2) is 0 Å². The van der Waals surface area contributed by atoms with Crippen molar-refractivity contribution >= 4 is 27.9 Å². The zero-order valence-electron chi connectivity index (χ0n) is 8.58. The van der Waals surface area contributed by atoms with Crippen LogP contribution in [0.2, 0.25) is 0 Å². The minimum atomic E-state index is -0.403. The lowest BCUT2D eigenvalue weighted by atomic mass is 9.96. The van der Waals surface area contributed by atoms with Crippen LogP contribution in [-0.2, 0) is 0 Å². The Bertz CT molecular complexity index is 491. The Morgan fingerprint density at radius 1 is 1.62 bits per heavy atom. The Labute approximate surface area is 95.6 Å². The van der Waals surface area contributed by atoms with Crippen molar-refractivity contribution in [1.82, 2.24) is 0 Å². The molecule has 1 aliphatic heterocycles. The van der Waals surface area contributed by atoms with Gasteiger partial charge in [0.25, 0.3) is 0 Å². The molecule has 0 amide bonds. The monoisotopic (exact) mass is 238 g/mol. The van der Waals surface area contributed by atoms with Crippen molar-refractivity contribution in [2.45, 2.75) is 13.3 Å². The first-order valence-electron chi connectivity index (χ1n) is 4.71. The summed E-state index contributed by atoms with van der Waals surface area (Å²) in [5.41, 5.74) is 7.08. The Kier molecular flexibility index (Phi) is 2.69. The fourth-order valence-electron chi connectivity index (χ4n) is 1.57. The van der Waals surface area contributed by atoms with Gasteiger partial charge in [-0.05, 0) is 0 Å². The SMILES string of the molecule is CC1CC(N)=NN=C1c1csc([N+](=O)[O-])c1. The maximum Gasteiger partial charge on any atom is 0.324 e. The third-order valence-electron chi connectivity index (χ3n) is 2.33. The van der Waals surface area contributed by atoms with Crippen LogP contribution in [0.1, 0.15) is 18.9 Å². The highest BCUT2D eigenvalue weighted by atomic mass is 32.1. The molecule has 1 atom stereocenters. The van der Waals surface area contributed by atoms with E-state index in [1.807, 2.05) is 6.92 Å². The predicted octanol–water partition coefficient (Wildman–Crippen LogP) is 1.76. The maximum absolute atomic E-state index is 10.6. The van der Waals surface area contributed by atoms with Gasteiger partial charge in [-0.1, -0.05) is 18.3 Å². The molecule has 0 bridgehead atoms. The van der Waals surface area contributed by atoms with Crippen molar-refractivity contribution < 1.29 is 4.92 Å². The molecule has 7 heteroatoms.